The molecule has 3 aromatic rings. The van der Waals surface area contributed by atoms with Gasteiger partial charge >= 0.3 is 0 Å². The van der Waals surface area contributed by atoms with Crippen LogP contribution in [0.15, 0.2) is 78.9 Å². The van der Waals surface area contributed by atoms with E-state index in [9.17, 15) is 13.2 Å². The predicted molar refractivity (Wildman–Crippen MR) is 127 cm³/mol. The van der Waals surface area contributed by atoms with Crippen LogP contribution in [0, 0.1) is 6.92 Å². The van der Waals surface area contributed by atoms with Crippen molar-refractivity contribution in [2.24, 2.45) is 0 Å². The lowest BCUT2D eigenvalue weighted by Gasteiger charge is -2.31. The van der Waals surface area contributed by atoms with Crippen molar-refractivity contribution in [3.05, 3.63) is 90.0 Å². The van der Waals surface area contributed by atoms with Gasteiger partial charge in [-0.15, -0.1) is 0 Å². The van der Waals surface area contributed by atoms with Crippen LogP contribution in [0.1, 0.15) is 18.1 Å². The number of amides is 1. The molecule has 1 amide bonds. The number of likely N-dealkylation sites (N-methyl/N-ethyl adjacent to an activating group) is 1. The van der Waals surface area contributed by atoms with Crippen molar-refractivity contribution in [1.82, 2.24) is 4.90 Å². The Kier molecular flexibility index (Phi) is 7.20. The first-order valence-corrected chi connectivity index (χ1v) is 12.1. The minimum Gasteiger partial charge on any atom is -0.457 e. The van der Waals surface area contributed by atoms with Crippen molar-refractivity contribution in [2.45, 2.75) is 26.4 Å². The van der Waals surface area contributed by atoms with Crippen LogP contribution in [-0.4, -0.2) is 38.6 Å². The fraction of sp³-hybridized carbons (Fsp3) is 0.240. The molecule has 7 heteroatoms. The number of aryl methyl sites for hydroxylation is 1. The molecule has 0 N–H and O–H groups in total. The molecular weight excluding hydrogens is 424 g/mol. The van der Waals surface area contributed by atoms with Gasteiger partial charge in [0.2, 0.25) is 15.9 Å². The second kappa shape index (κ2) is 9.87. The summed E-state index contributed by atoms with van der Waals surface area (Å²) in [7, 11) is -2.02. The van der Waals surface area contributed by atoms with Crippen molar-refractivity contribution >= 4 is 21.6 Å². The van der Waals surface area contributed by atoms with Gasteiger partial charge in [0, 0.05) is 13.6 Å². The van der Waals surface area contributed by atoms with Crippen molar-refractivity contribution in [1.29, 1.82) is 0 Å². The monoisotopic (exact) mass is 452 g/mol. The number of benzene rings is 3. The van der Waals surface area contributed by atoms with Gasteiger partial charge < -0.3 is 9.64 Å². The van der Waals surface area contributed by atoms with E-state index >= 15 is 0 Å². The molecule has 3 rings (SSSR count). The van der Waals surface area contributed by atoms with Crippen LogP contribution in [0.25, 0.3) is 0 Å². The molecule has 0 unspecified atom stereocenters. The Morgan fingerprint density at radius 1 is 0.906 bits per heavy atom. The zero-order valence-electron chi connectivity index (χ0n) is 18.7. The molecule has 3 aromatic carbocycles. The molecule has 0 aliphatic rings. The molecule has 0 radical (unpaired) electrons. The zero-order chi connectivity index (χ0) is 23.3. The highest BCUT2D eigenvalue weighted by Gasteiger charge is 2.31. The van der Waals surface area contributed by atoms with Crippen molar-refractivity contribution < 1.29 is 17.9 Å². The number of nitrogens with zero attached hydrogens (tertiary/aromatic N) is 2. The van der Waals surface area contributed by atoms with Gasteiger partial charge in [-0.3, -0.25) is 9.10 Å². The average molecular weight is 453 g/mol. The number of ether oxygens (including phenoxy) is 1. The molecule has 0 aromatic heterocycles. The van der Waals surface area contributed by atoms with Crippen LogP contribution >= 0.6 is 0 Å². The van der Waals surface area contributed by atoms with Crippen LogP contribution in [0.3, 0.4) is 0 Å². The summed E-state index contributed by atoms with van der Waals surface area (Å²) in [4.78, 5) is 14.6. The van der Waals surface area contributed by atoms with Gasteiger partial charge in [-0.25, -0.2) is 8.42 Å². The van der Waals surface area contributed by atoms with Gasteiger partial charge in [0.15, 0.2) is 0 Å². The third kappa shape index (κ3) is 5.88. The Morgan fingerprint density at radius 2 is 1.47 bits per heavy atom. The van der Waals surface area contributed by atoms with Crippen molar-refractivity contribution in [2.75, 3.05) is 17.6 Å². The highest BCUT2D eigenvalue weighted by Crippen LogP contribution is 2.27. The number of hydrogen-bond donors (Lipinski definition) is 0. The van der Waals surface area contributed by atoms with Crippen LogP contribution in [0.2, 0.25) is 0 Å². The van der Waals surface area contributed by atoms with Gasteiger partial charge in [-0.2, -0.15) is 0 Å². The van der Waals surface area contributed by atoms with E-state index in [0.717, 1.165) is 21.7 Å². The van der Waals surface area contributed by atoms with Gasteiger partial charge in [0.25, 0.3) is 0 Å². The summed E-state index contributed by atoms with van der Waals surface area (Å²) in [5.41, 5.74) is 2.52. The Labute approximate surface area is 190 Å². The molecule has 0 saturated carbocycles. The summed E-state index contributed by atoms with van der Waals surface area (Å²) < 4.78 is 32.1. The second-order valence-electron chi connectivity index (χ2n) is 7.82. The number of anilines is 1. The number of carbonyl (C=O) groups excluding carboxylic acids is 1. The average Bonchev–Trinajstić information content (AvgIpc) is 2.76. The number of sulfonamides is 1. The normalized spacial score (nSPS) is 12.1. The van der Waals surface area contributed by atoms with E-state index in [2.05, 4.69) is 0 Å². The molecule has 0 aliphatic heterocycles. The van der Waals surface area contributed by atoms with Gasteiger partial charge in [-0.05, 0) is 55.8 Å². The summed E-state index contributed by atoms with van der Waals surface area (Å²) in [5.74, 6) is 0.964. The second-order valence-corrected chi connectivity index (χ2v) is 9.68. The SMILES string of the molecule is Cc1ccc(CN(C)C(=O)[C@@H](C)N(c2ccc(Oc3ccccc3)cc2)S(C)(=O)=O)cc1. The maximum atomic E-state index is 13.1. The fourth-order valence-corrected chi connectivity index (χ4v) is 4.62. The summed E-state index contributed by atoms with van der Waals surface area (Å²) in [6.45, 7) is 4.00. The smallest absolute Gasteiger partial charge is 0.246 e. The number of rotatable bonds is 8. The molecule has 32 heavy (non-hydrogen) atoms. The van der Waals surface area contributed by atoms with E-state index in [1.165, 1.54) is 0 Å². The molecule has 168 valence electrons. The molecule has 6 nitrogen and oxygen atoms in total. The van der Waals surface area contributed by atoms with E-state index in [1.54, 1.807) is 43.1 Å². The highest BCUT2D eigenvalue weighted by atomic mass is 32.2. The lowest BCUT2D eigenvalue weighted by atomic mass is 10.1. The Hall–Kier alpha value is -3.32. The van der Waals surface area contributed by atoms with Crippen LogP contribution in [0.5, 0.6) is 11.5 Å². The lowest BCUT2D eigenvalue weighted by Crippen LogP contribution is -2.48. The van der Waals surface area contributed by atoms with Gasteiger partial charge in [0.05, 0.1) is 11.9 Å². The highest BCUT2D eigenvalue weighted by molar-refractivity contribution is 7.92. The van der Waals surface area contributed by atoms with Crippen LogP contribution in [0.4, 0.5) is 5.69 Å². The first kappa shape index (κ1) is 23.3. The maximum absolute atomic E-state index is 13.1. The minimum atomic E-state index is -3.70. The Bertz CT molecular complexity index is 1140. The van der Waals surface area contributed by atoms with E-state index in [0.29, 0.717) is 23.7 Å². The first-order chi connectivity index (χ1) is 15.1. The predicted octanol–water partition coefficient (Wildman–Crippen LogP) is 4.60. The zero-order valence-corrected chi connectivity index (χ0v) is 19.5. The summed E-state index contributed by atoms with van der Waals surface area (Å²) in [6.07, 6.45) is 1.10. The molecule has 1 atom stereocenters. The maximum Gasteiger partial charge on any atom is 0.246 e. The molecule has 0 heterocycles. The van der Waals surface area contributed by atoms with E-state index in [1.807, 2.05) is 61.5 Å². The summed E-state index contributed by atoms with van der Waals surface area (Å²) in [6, 6.07) is 23.0. The van der Waals surface area contributed by atoms with Crippen molar-refractivity contribution in [3.8, 4) is 11.5 Å². The fourth-order valence-electron chi connectivity index (χ4n) is 3.45. The summed E-state index contributed by atoms with van der Waals surface area (Å²) >= 11 is 0. The topological polar surface area (TPSA) is 66.9 Å². The number of para-hydroxylation sites is 1. The Morgan fingerprint density at radius 3 is 2.03 bits per heavy atom. The molecule has 0 spiro atoms. The van der Waals surface area contributed by atoms with Gasteiger partial charge in [0.1, 0.15) is 17.5 Å². The molecule has 0 fully saturated rings. The van der Waals surface area contributed by atoms with Crippen molar-refractivity contribution in [3.63, 3.8) is 0 Å². The van der Waals surface area contributed by atoms with Gasteiger partial charge in [-0.1, -0.05) is 48.0 Å². The van der Waals surface area contributed by atoms with Crippen LogP contribution < -0.4 is 9.04 Å². The number of carbonyl (C=O) groups is 1. The molecule has 0 saturated heterocycles. The third-order valence-electron chi connectivity index (χ3n) is 5.05. The van der Waals surface area contributed by atoms with E-state index < -0.39 is 16.1 Å². The third-order valence-corrected chi connectivity index (χ3v) is 6.29. The molecule has 0 bridgehead atoms. The standard InChI is InChI=1S/C25H28N2O4S/c1-19-10-12-21(13-11-19)18-26(3)25(28)20(2)27(32(4,29)30)22-14-16-24(17-15-22)31-23-8-6-5-7-9-23/h5-17,20H,18H2,1-4H3/t20-/m1/s1. The lowest BCUT2D eigenvalue weighted by molar-refractivity contribution is -0.131. The first-order valence-electron chi connectivity index (χ1n) is 10.3. The largest absolute Gasteiger partial charge is 0.457 e. The molecule has 0 aliphatic carbocycles. The van der Waals surface area contributed by atoms with E-state index in [-0.39, 0.29) is 5.91 Å². The molecular formula is C25H28N2O4S. The van der Waals surface area contributed by atoms with E-state index in [4.69, 9.17) is 4.74 Å². The van der Waals surface area contributed by atoms with Crippen LogP contribution in [-0.2, 0) is 21.4 Å². The number of hydrogen-bond acceptors (Lipinski definition) is 4. The summed E-state index contributed by atoms with van der Waals surface area (Å²) in [5, 5.41) is 0. The quantitative estimate of drug-likeness (QED) is 0.501. The Balaban J connectivity index is 1.78. The minimum absolute atomic E-state index is 0.291.